The van der Waals surface area contributed by atoms with Crippen LogP contribution in [0.25, 0.3) is 0 Å². The van der Waals surface area contributed by atoms with Crippen molar-refractivity contribution in [2.45, 2.75) is 56.7 Å². The maximum Gasteiger partial charge on any atom is 0.408 e. The predicted molar refractivity (Wildman–Crippen MR) is 186 cm³/mol. The lowest BCUT2D eigenvalue weighted by molar-refractivity contribution is -0.252. The Balaban J connectivity index is 1.12. The van der Waals surface area contributed by atoms with Crippen molar-refractivity contribution in [3.8, 4) is 5.75 Å². The van der Waals surface area contributed by atoms with E-state index in [1.807, 2.05) is 66.5 Å². The Morgan fingerprint density at radius 3 is 2.37 bits per heavy atom. The maximum absolute atomic E-state index is 13.2. The standard InChI is InChI=1S/C39H41N3O9/c1-41(22-34(45)29-8-5-9-31(44)18-29)21-32-19-35(27-12-10-25(23-43)11-13-27)51-38(50-32)28-14-16-30(17-15-28)42-36(46)20-33(37(42)47)40-39(48)49-24-26-6-3-2-4-7-26/h2-18,32-35,38,43-45H,19-24H2,1H3,(H,40,48)/t32-,33?,34-,35+,38+/m1/s1. The van der Waals surface area contributed by atoms with Gasteiger partial charge in [0.15, 0.2) is 6.29 Å². The number of carbonyl (C=O) groups excluding carboxylic acids is 3. The van der Waals surface area contributed by atoms with E-state index >= 15 is 0 Å². The van der Waals surface area contributed by atoms with Crippen LogP contribution < -0.4 is 10.2 Å². The number of hydrogen-bond donors (Lipinski definition) is 4. The summed E-state index contributed by atoms with van der Waals surface area (Å²) in [7, 11) is 1.88. The number of benzene rings is 4. The van der Waals surface area contributed by atoms with Crippen LogP contribution >= 0.6 is 0 Å². The number of hydrogen-bond acceptors (Lipinski definition) is 10. The molecule has 0 aromatic heterocycles. The van der Waals surface area contributed by atoms with Crippen molar-refractivity contribution in [1.82, 2.24) is 10.2 Å². The number of phenols is 1. The van der Waals surface area contributed by atoms with Crippen molar-refractivity contribution in [3.05, 3.63) is 131 Å². The highest BCUT2D eigenvalue weighted by Crippen LogP contribution is 2.39. The lowest BCUT2D eigenvalue weighted by Gasteiger charge is -2.38. The van der Waals surface area contributed by atoms with Gasteiger partial charge in [-0.3, -0.25) is 9.59 Å². The highest BCUT2D eigenvalue weighted by Gasteiger charge is 2.41. The van der Waals surface area contributed by atoms with E-state index < -0.39 is 36.3 Å². The van der Waals surface area contributed by atoms with Gasteiger partial charge < -0.3 is 39.7 Å². The first-order valence-corrected chi connectivity index (χ1v) is 16.8. The number of likely N-dealkylation sites (N-methyl/N-ethyl adjacent to an activating group) is 1. The van der Waals surface area contributed by atoms with Crippen molar-refractivity contribution >= 4 is 23.6 Å². The summed E-state index contributed by atoms with van der Waals surface area (Å²) >= 11 is 0. The van der Waals surface area contributed by atoms with Crippen LogP contribution in [0.4, 0.5) is 10.5 Å². The van der Waals surface area contributed by atoms with E-state index in [0.717, 1.165) is 21.6 Å². The number of imide groups is 1. The number of amides is 3. The number of aliphatic hydroxyl groups is 2. The fraction of sp³-hybridized carbons (Fsp3) is 0.308. The summed E-state index contributed by atoms with van der Waals surface area (Å²) in [6.07, 6.45) is -2.71. The number of anilines is 1. The van der Waals surface area contributed by atoms with Crippen LogP contribution in [-0.4, -0.2) is 70.4 Å². The molecule has 2 aliphatic rings. The first-order valence-electron chi connectivity index (χ1n) is 16.8. The Kier molecular flexibility index (Phi) is 11.4. The monoisotopic (exact) mass is 695 g/mol. The Morgan fingerprint density at radius 2 is 1.67 bits per heavy atom. The molecule has 3 amide bonds. The number of aromatic hydroxyl groups is 1. The van der Waals surface area contributed by atoms with E-state index in [2.05, 4.69) is 5.32 Å². The van der Waals surface area contributed by atoms with E-state index in [9.17, 15) is 29.7 Å². The van der Waals surface area contributed by atoms with Crippen LogP contribution in [0.15, 0.2) is 103 Å². The van der Waals surface area contributed by atoms with E-state index in [1.165, 1.54) is 6.07 Å². The number of phenolic OH excluding ortho intramolecular Hbond substituents is 1. The molecule has 0 aliphatic carbocycles. The minimum absolute atomic E-state index is 0.0328. The predicted octanol–water partition coefficient (Wildman–Crippen LogP) is 4.65. The lowest BCUT2D eigenvalue weighted by Crippen LogP contribution is -2.42. The molecule has 12 heteroatoms. The molecule has 2 fully saturated rings. The fourth-order valence-electron chi connectivity index (χ4n) is 6.29. The average molecular weight is 696 g/mol. The number of rotatable bonds is 12. The van der Waals surface area contributed by atoms with Crippen LogP contribution in [0.1, 0.15) is 59.2 Å². The van der Waals surface area contributed by atoms with Gasteiger partial charge in [-0.05, 0) is 53.6 Å². The van der Waals surface area contributed by atoms with Gasteiger partial charge in [0.25, 0.3) is 5.91 Å². The van der Waals surface area contributed by atoms with Crippen LogP contribution in [-0.2, 0) is 37.0 Å². The number of aliphatic hydroxyl groups excluding tert-OH is 2. The van der Waals surface area contributed by atoms with Gasteiger partial charge in [-0.25, -0.2) is 9.69 Å². The molecule has 4 N–H and O–H groups in total. The fourth-order valence-corrected chi connectivity index (χ4v) is 6.29. The van der Waals surface area contributed by atoms with Gasteiger partial charge in [0.2, 0.25) is 5.91 Å². The molecule has 4 aromatic carbocycles. The van der Waals surface area contributed by atoms with Crippen molar-refractivity contribution in [1.29, 1.82) is 0 Å². The van der Waals surface area contributed by atoms with Crippen molar-refractivity contribution in [3.63, 3.8) is 0 Å². The smallest absolute Gasteiger partial charge is 0.408 e. The zero-order chi connectivity index (χ0) is 35.9. The molecule has 0 bridgehead atoms. The van der Waals surface area contributed by atoms with Gasteiger partial charge in [-0.15, -0.1) is 0 Å². The molecule has 2 aliphatic heterocycles. The van der Waals surface area contributed by atoms with Crippen LogP contribution in [0, 0.1) is 0 Å². The molecule has 0 saturated carbocycles. The average Bonchev–Trinajstić information content (AvgIpc) is 3.42. The van der Waals surface area contributed by atoms with Gasteiger partial charge in [-0.2, -0.15) is 0 Å². The van der Waals surface area contributed by atoms with Gasteiger partial charge in [0.1, 0.15) is 18.4 Å². The van der Waals surface area contributed by atoms with E-state index in [1.54, 1.807) is 42.5 Å². The molecule has 4 aromatic rings. The zero-order valence-corrected chi connectivity index (χ0v) is 28.1. The summed E-state index contributed by atoms with van der Waals surface area (Å²) < 4.78 is 18.1. The molecule has 12 nitrogen and oxygen atoms in total. The molecular weight excluding hydrogens is 654 g/mol. The van der Waals surface area contributed by atoms with E-state index in [0.29, 0.717) is 36.3 Å². The molecule has 6 rings (SSSR count). The second-order valence-electron chi connectivity index (χ2n) is 12.8. The number of ether oxygens (including phenoxy) is 3. The minimum atomic E-state index is -1.05. The second kappa shape index (κ2) is 16.3. The highest BCUT2D eigenvalue weighted by molar-refractivity contribution is 6.22. The summed E-state index contributed by atoms with van der Waals surface area (Å²) in [5.74, 6) is -0.925. The van der Waals surface area contributed by atoms with Crippen molar-refractivity contribution in [2.24, 2.45) is 0 Å². The summed E-state index contributed by atoms with van der Waals surface area (Å²) in [5.41, 5.74) is 4.11. The first-order chi connectivity index (χ1) is 24.7. The molecule has 2 saturated heterocycles. The quantitative estimate of drug-likeness (QED) is 0.154. The normalized spacial score (nSPS) is 21.1. The Morgan fingerprint density at radius 1 is 0.941 bits per heavy atom. The maximum atomic E-state index is 13.2. The molecule has 0 radical (unpaired) electrons. The van der Waals surface area contributed by atoms with Crippen LogP contribution in [0.3, 0.4) is 0 Å². The molecule has 1 unspecified atom stereocenters. The second-order valence-corrected chi connectivity index (χ2v) is 12.8. The molecule has 51 heavy (non-hydrogen) atoms. The topological polar surface area (TPSA) is 158 Å². The molecule has 266 valence electrons. The number of carbonyl (C=O) groups is 3. The SMILES string of the molecule is CN(C[C@H]1C[C@@H](c2ccc(CO)cc2)O[C@@H](c2ccc(N3C(=O)CC(NC(=O)OCc4ccccc4)C3=O)cc2)O1)C[C@@H](O)c1cccc(O)c1. The van der Waals surface area contributed by atoms with Gasteiger partial charge in [0.05, 0.1) is 37.0 Å². The third-order valence-corrected chi connectivity index (χ3v) is 8.94. The number of nitrogens with zero attached hydrogens (tertiary/aromatic N) is 2. The molecule has 5 atom stereocenters. The van der Waals surface area contributed by atoms with E-state index in [-0.39, 0.29) is 37.6 Å². The summed E-state index contributed by atoms with van der Waals surface area (Å²) in [4.78, 5) is 41.6. The Hall–Kier alpha value is -5.11. The van der Waals surface area contributed by atoms with Crippen molar-refractivity contribution in [2.75, 3.05) is 25.0 Å². The Bertz CT molecular complexity index is 1800. The molecule has 2 heterocycles. The largest absolute Gasteiger partial charge is 0.508 e. The van der Waals surface area contributed by atoms with Crippen LogP contribution in [0.5, 0.6) is 5.75 Å². The number of alkyl carbamates (subject to hydrolysis) is 1. The summed E-state index contributed by atoms with van der Waals surface area (Å²) in [6, 6.07) is 28.9. The highest BCUT2D eigenvalue weighted by atomic mass is 16.7. The molecule has 0 spiro atoms. The first kappa shape index (κ1) is 35.7. The Labute approximate surface area is 295 Å². The van der Waals surface area contributed by atoms with Gasteiger partial charge >= 0.3 is 6.09 Å². The van der Waals surface area contributed by atoms with Crippen molar-refractivity contribution < 1.29 is 43.9 Å². The minimum Gasteiger partial charge on any atom is -0.508 e. The third-order valence-electron chi connectivity index (χ3n) is 8.94. The van der Waals surface area contributed by atoms with Gasteiger partial charge in [0, 0.05) is 25.1 Å². The zero-order valence-electron chi connectivity index (χ0n) is 28.1. The summed E-state index contributed by atoms with van der Waals surface area (Å²) in [6.45, 7) is 0.733. The van der Waals surface area contributed by atoms with Crippen LogP contribution in [0.2, 0.25) is 0 Å². The lowest BCUT2D eigenvalue weighted by atomic mass is 9.99. The number of nitrogens with one attached hydrogen (secondary N) is 1. The van der Waals surface area contributed by atoms with E-state index in [4.69, 9.17) is 14.2 Å². The summed E-state index contributed by atoms with van der Waals surface area (Å²) in [5, 5.41) is 32.7. The van der Waals surface area contributed by atoms with Gasteiger partial charge in [-0.1, -0.05) is 78.9 Å². The third kappa shape index (κ3) is 8.98. The molecular formula is C39H41N3O9.